The van der Waals surface area contributed by atoms with E-state index in [-0.39, 0.29) is 6.54 Å². The highest BCUT2D eigenvalue weighted by Crippen LogP contribution is 2.38. The number of carboxylic acid groups (broad SMARTS) is 1. The lowest BCUT2D eigenvalue weighted by Crippen LogP contribution is -2.43. The molecule has 0 amide bonds. The molecular formula is C14H19NO2. The summed E-state index contributed by atoms with van der Waals surface area (Å²) in [7, 11) is 0. The van der Waals surface area contributed by atoms with Crippen LogP contribution in [-0.2, 0) is 10.2 Å². The number of rotatable bonds is 6. The molecule has 0 heterocycles. The summed E-state index contributed by atoms with van der Waals surface area (Å²) in [6, 6.07) is 9.38. The van der Waals surface area contributed by atoms with Crippen LogP contribution in [0.15, 0.2) is 30.3 Å². The van der Waals surface area contributed by atoms with E-state index in [1.165, 1.54) is 12.8 Å². The van der Waals surface area contributed by atoms with Gasteiger partial charge >= 0.3 is 5.97 Å². The predicted molar refractivity (Wildman–Crippen MR) is 66.8 cm³/mol. The molecule has 0 aliphatic heterocycles. The van der Waals surface area contributed by atoms with Crippen LogP contribution in [0.5, 0.6) is 0 Å². The van der Waals surface area contributed by atoms with Gasteiger partial charge in [0.2, 0.25) is 0 Å². The van der Waals surface area contributed by atoms with Gasteiger partial charge in [0, 0.05) is 6.54 Å². The van der Waals surface area contributed by atoms with E-state index in [4.69, 9.17) is 5.73 Å². The molecule has 1 aliphatic rings. The Morgan fingerprint density at radius 1 is 1.35 bits per heavy atom. The minimum Gasteiger partial charge on any atom is -0.481 e. The second-order valence-corrected chi connectivity index (χ2v) is 4.94. The third kappa shape index (κ3) is 2.50. The lowest BCUT2D eigenvalue weighted by atomic mass is 9.76. The summed E-state index contributed by atoms with van der Waals surface area (Å²) in [5, 5.41) is 9.53. The van der Waals surface area contributed by atoms with Crippen molar-refractivity contribution in [3.8, 4) is 0 Å². The number of benzene rings is 1. The van der Waals surface area contributed by atoms with Crippen LogP contribution < -0.4 is 5.73 Å². The summed E-state index contributed by atoms with van der Waals surface area (Å²) in [6.07, 6.45) is 4.11. The van der Waals surface area contributed by atoms with Crippen LogP contribution in [0.4, 0.5) is 0 Å². The van der Waals surface area contributed by atoms with Crippen LogP contribution in [0.25, 0.3) is 0 Å². The minimum atomic E-state index is -0.899. The lowest BCUT2D eigenvalue weighted by Gasteiger charge is -2.28. The number of aliphatic carboxylic acids is 1. The highest BCUT2D eigenvalue weighted by atomic mass is 16.4. The van der Waals surface area contributed by atoms with Crippen LogP contribution in [0.2, 0.25) is 0 Å². The Morgan fingerprint density at radius 3 is 2.47 bits per heavy atom. The normalized spacial score (nSPS) is 18.6. The Morgan fingerprint density at radius 2 is 2.00 bits per heavy atom. The van der Waals surface area contributed by atoms with Crippen LogP contribution >= 0.6 is 0 Å². The van der Waals surface area contributed by atoms with Crippen molar-refractivity contribution in [1.29, 1.82) is 0 Å². The van der Waals surface area contributed by atoms with E-state index in [1.54, 1.807) is 0 Å². The Hall–Kier alpha value is -1.35. The van der Waals surface area contributed by atoms with Gasteiger partial charge in [-0.1, -0.05) is 43.2 Å². The van der Waals surface area contributed by atoms with Gasteiger partial charge in [-0.3, -0.25) is 4.79 Å². The van der Waals surface area contributed by atoms with Gasteiger partial charge in [0.1, 0.15) is 5.41 Å². The molecule has 1 unspecified atom stereocenters. The van der Waals surface area contributed by atoms with Crippen LogP contribution in [0.3, 0.4) is 0 Å². The molecule has 1 saturated carbocycles. The van der Waals surface area contributed by atoms with Crippen molar-refractivity contribution in [2.45, 2.75) is 31.1 Å². The zero-order valence-electron chi connectivity index (χ0n) is 9.93. The van der Waals surface area contributed by atoms with E-state index in [0.717, 1.165) is 17.9 Å². The van der Waals surface area contributed by atoms with Gasteiger partial charge in [0.05, 0.1) is 0 Å². The fraction of sp³-hybridized carbons (Fsp3) is 0.500. The van der Waals surface area contributed by atoms with Crippen molar-refractivity contribution in [3.05, 3.63) is 35.9 Å². The highest BCUT2D eigenvalue weighted by Gasteiger charge is 2.40. The summed E-state index contributed by atoms with van der Waals surface area (Å²) in [4.78, 5) is 11.6. The van der Waals surface area contributed by atoms with Crippen molar-refractivity contribution >= 4 is 5.97 Å². The first-order valence-corrected chi connectivity index (χ1v) is 6.18. The molecule has 0 saturated heterocycles. The second-order valence-electron chi connectivity index (χ2n) is 4.94. The summed E-state index contributed by atoms with van der Waals surface area (Å²) < 4.78 is 0. The van der Waals surface area contributed by atoms with Gasteiger partial charge in [-0.15, -0.1) is 0 Å². The van der Waals surface area contributed by atoms with Gasteiger partial charge in [-0.05, 0) is 24.3 Å². The molecule has 2 rings (SSSR count). The zero-order valence-corrected chi connectivity index (χ0v) is 9.93. The predicted octanol–water partition coefficient (Wildman–Crippen LogP) is 2.16. The molecule has 1 atom stereocenters. The number of hydrogen-bond donors (Lipinski definition) is 2. The first-order chi connectivity index (χ1) is 8.19. The van der Waals surface area contributed by atoms with Crippen LogP contribution in [0, 0.1) is 5.92 Å². The molecule has 3 heteroatoms. The molecule has 0 aromatic heterocycles. The smallest absolute Gasteiger partial charge is 0.315 e. The molecule has 17 heavy (non-hydrogen) atoms. The van der Waals surface area contributed by atoms with Crippen molar-refractivity contribution in [2.24, 2.45) is 11.7 Å². The highest BCUT2D eigenvalue weighted by molar-refractivity contribution is 5.81. The standard InChI is InChI=1S/C14H19NO2/c15-10-14(13(16)17,9-8-11-6-7-11)12-4-2-1-3-5-12/h1-5,11H,6-10,15H2,(H,16,17). The SMILES string of the molecule is NCC(CCC1CC1)(C(=O)O)c1ccccc1. The van der Waals surface area contributed by atoms with Crippen LogP contribution in [-0.4, -0.2) is 17.6 Å². The average molecular weight is 233 g/mol. The fourth-order valence-corrected chi connectivity index (χ4v) is 2.30. The van der Waals surface area contributed by atoms with Crippen molar-refractivity contribution in [1.82, 2.24) is 0 Å². The molecule has 0 radical (unpaired) electrons. The Bertz CT molecular complexity index is 386. The zero-order chi connectivity index (χ0) is 12.3. The quantitative estimate of drug-likeness (QED) is 0.791. The largest absolute Gasteiger partial charge is 0.481 e. The number of carboxylic acids is 1. The van der Waals surface area contributed by atoms with Gasteiger partial charge in [-0.25, -0.2) is 0 Å². The molecular weight excluding hydrogens is 214 g/mol. The monoisotopic (exact) mass is 233 g/mol. The molecule has 1 fully saturated rings. The maximum Gasteiger partial charge on any atom is 0.315 e. The third-order valence-electron chi connectivity index (χ3n) is 3.76. The first-order valence-electron chi connectivity index (χ1n) is 6.18. The first kappa shape index (κ1) is 12.1. The molecule has 3 N–H and O–H groups in total. The van der Waals surface area contributed by atoms with Gasteiger partial charge in [0.25, 0.3) is 0 Å². The van der Waals surface area contributed by atoms with E-state index in [1.807, 2.05) is 30.3 Å². The van der Waals surface area contributed by atoms with Crippen molar-refractivity contribution < 1.29 is 9.90 Å². The maximum absolute atomic E-state index is 11.6. The van der Waals surface area contributed by atoms with E-state index in [2.05, 4.69) is 0 Å². The summed E-state index contributed by atoms with van der Waals surface area (Å²) in [6.45, 7) is 0.166. The molecule has 1 aromatic carbocycles. The number of carbonyl (C=O) groups is 1. The average Bonchev–Trinajstić information content (AvgIpc) is 3.15. The topological polar surface area (TPSA) is 63.3 Å². The number of nitrogens with two attached hydrogens (primary N) is 1. The lowest BCUT2D eigenvalue weighted by molar-refractivity contribution is -0.143. The van der Waals surface area contributed by atoms with Crippen LogP contribution in [0.1, 0.15) is 31.2 Å². The van der Waals surface area contributed by atoms with Gasteiger partial charge < -0.3 is 10.8 Å². The maximum atomic E-state index is 11.6. The van der Waals surface area contributed by atoms with E-state index < -0.39 is 11.4 Å². The van der Waals surface area contributed by atoms with E-state index in [0.29, 0.717) is 6.42 Å². The van der Waals surface area contributed by atoms with Crippen molar-refractivity contribution in [3.63, 3.8) is 0 Å². The summed E-state index contributed by atoms with van der Waals surface area (Å²) in [5.74, 6) is -0.0733. The fourth-order valence-electron chi connectivity index (χ4n) is 2.30. The summed E-state index contributed by atoms with van der Waals surface area (Å²) in [5.41, 5.74) is 5.70. The third-order valence-corrected chi connectivity index (χ3v) is 3.76. The van der Waals surface area contributed by atoms with E-state index in [9.17, 15) is 9.90 Å². The minimum absolute atomic E-state index is 0.166. The molecule has 1 aromatic rings. The second kappa shape index (κ2) is 4.88. The molecule has 92 valence electrons. The van der Waals surface area contributed by atoms with Gasteiger partial charge in [0.15, 0.2) is 0 Å². The Labute approximate surface area is 102 Å². The molecule has 0 spiro atoms. The van der Waals surface area contributed by atoms with Crippen molar-refractivity contribution in [2.75, 3.05) is 6.54 Å². The van der Waals surface area contributed by atoms with E-state index >= 15 is 0 Å². The number of hydrogen-bond acceptors (Lipinski definition) is 2. The molecule has 0 bridgehead atoms. The molecule has 1 aliphatic carbocycles. The Balaban J connectivity index is 2.23. The van der Waals surface area contributed by atoms with Gasteiger partial charge in [-0.2, -0.15) is 0 Å². The molecule has 3 nitrogen and oxygen atoms in total. The Kier molecular flexibility index (Phi) is 3.48. The summed E-state index contributed by atoms with van der Waals surface area (Å²) >= 11 is 0.